The van der Waals surface area contributed by atoms with Gasteiger partial charge in [-0.25, -0.2) is 0 Å². The molecule has 4 bridgehead atoms. The minimum atomic E-state index is -0.534. The molecule has 0 N–H and O–H groups in total. The number of rotatable bonds is 17. The van der Waals surface area contributed by atoms with Gasteiger partial charge in [0, 0.05) is 49.8 Å². The van der Waals surface area contributed by atoms with Crippen molar-refractivity contribution in [1.29, 1.82) is 0 Å². The number of ether oxygens (including phenoxy) is 6. The zero-order valence-electron chi connectivity index (χ0n) is 28.9. The molecule has 2 spiro atoms. The molecule has 7 aliphatic rings. The van der Waals surface area contributed by atoms with Gasteiger partial charge in [-0.2, -0.15) is 0 Å². The summed E-state index contributed by atoms with van der Waals surface area (Å²) in [6, 6.07) is 15.6. The molecule has 2 heterocycles. The normalized spacial score (nSPS) is 34.7. The molecule has 6 unspecified atom stereocenters. The smallest absolute Gasteiger partial charge is 0.166 e. The number of hydrogen-bond donors (Lipinski definition) is 0. The van der Waals surface area contributed by atoms with E-state index in [4.69, 9.17) is 28.4 Å². The minimum absolute atomic E-state index is 0.113. The van der Waals surface area contributed by atoms with Crippen LogP contribution in [0.3, 0.4) is 0 Å². The summed E-state index contributed by atoms with van der Waals surface area (Å²) in [6.45, 7) is 8.82. The lowest BCUT2D eigenvalue weighted by atomic mass is 9.31. The first kappa shape index (κ1) is 32.1. The zero-order chi connectivity index (χ0) is 32.1. The first-order valence-electron chi connectivity index (χ1n) is 18.5. The lowest BCUT2D eigenvalue weighted by molar-refractivity contribution is -0.329. The van der Waals surface area contributed by atoms with Crippen LogP contribution in [0.4, 0.5) is 0 Å². The second-order valence-electron chi connectivity index (χ2n) is 15.5. The van der Waals surface area contributed by atoms with Crippen molar-refractivity contribution in [3.05, 3.63) is 59.2 Å². The Hall–Kier alpha value is -2.16. The predicted octanol–water partition coefficient (Wildman–Crippen LogP) is 6.73. The molecule has 47 heavy (non-hydrogen) atoms. The summed E-state index contributed by atoms with van der Waals surface area (Å²) in [6.07, 6.45) is 11.5. The molecule has 0 aromatic heterocycles. The number of fused-ring (bicyclic) bond motifs is 2. The van der Waals surface area contributed by atoms with Crippen molar-refractivity contribution in [1.82, 2.24) is 4.90 Å². The van der Waals surface area contributed by atoms with E-state index in [2.05, 4.69) is 54.3 Å². The summed E-state index contributed by atoms with van der Waals surface area (Å²) in [5, 5.41) is 0. The fraction of sp³-hybridized carbons (Fsp3) is 0.700. The first-order chi connectivity index (χ1) is 23.0. The zero-order valence-corrected chi connectivity index (χ0v) is 28.9. The van der Waals surface area contributed by atoms with Crippen molar-refractivity contribution in [2.75, 3.05) is 60.3 Å². The largest absolute Gasteiger partial charge is 0.493 e. The van der Waals surface area contributed by atoms with Crippen molar-refractivity contribution in [2.45, 2.75) is 100 Å². The van der Waals surface area contributed by atoms with Gasteiger partial charge in [0.15, 0.2) is 11.5 Å². The number of likely N-dealkylation sites (tertiary alicyclic amines) is 1. The molecule has 7 heteroatoms. The second kappa shape index (κ2) is 12.6. The van der Waals surface area contributed by atoms with Crippen molar-refractivity contribution >= 4 is 0 Å². The summed E-state index contributed by atoms with van der Waals surface area (Å²) in [7, 11) is 3.55. The average Bonchev–Trinajstić information content (AvgIpc) is 3.85. The van der Waals surface area contributed by atoms with Gasteiger partial charge in [-0.1, -0.05) is 36.4 Å². The Morgan fingerprint density at radius 1 is 0.894 bits per heavy atom. The third-order valence-electron chi connectivity index (χ3n) is 13.5. The van der Waals surface area contributed by atoms with Crippen LogP contribution in [0.15, 0.2) is 42.5 Å². The van der Waals surface area contributed by atoms with Gasteiger partial charge >= 0.3 is 0 Å². The molecule has 2 aliphatic heterocycles. The summed E-state index contributed by atoms with van der Waals surface area (Å²) in [4.78, 5) is 2.91. The quantitative estimate of drug-likeness (QED) is 0.177. The molecule has 7 nitrogen and oxygen atoms in total. The van der Waals surface area contributed by atoms with Gasteiger partial charge in [0.25, 0.3) is 0 Å². The number of benzene rings is 2. The van der Waals surface area contributed by atoms with Crippen molar-refractivity contribution in [3.8, 4) is 11.5 Å². The molecule has 4 saturated carbocycles. The van der Waals surface area contributed by atoms with Crippen LogP contribution in [0, 0.1) is 17.3 Å². The van der Waals surface area contributed by atoms with E-state index in [0.717, 1.165) is 82.1 Å². The molecule has 9 rings (SSSR count). The molecular weight excluding hydrogens is 590 g/mol. The van der Waals surface area contributed by atoms with E-state index in [1.807, 2.05) is 0 Å². The fourth-order valence-electron chi connectivity index (χ4n) is 11.4. The van der Waals surface area contributed by atoms with E-state index in [0.29, 0.717) is 32.5 Å². The molecule has 0 radical (unpaired) electrons. The topological polar surface area (TPSA) is 58.6 Å². The van der Waals surface area contributed by atoms with Crippen LogP contribution in [0.25, 0.3) is 0 Å². The first-order valence-corrected chi connectivity index (χ1v) is 18.5. The molecule has 5 fully saturated rings. The number of methoxy groups -OCH3 is 2. The van der Waals surface area contributed by atoms with Crippen LogP contribution < -0.4 is 9.47 Å². The molecule has 0 amide bonds. The molecule has 5 aliphatic carbocycles. The summed E-state index contributed by atoms with van der Waals surface area (Å²) in [5.74, 6) is 2.95. The van der Waals surface area contributed by atoms with Crippen LogP contribution in [0.5, 0.6) is 11.5 Å². The SMILES string of the molecule is COCCCCCOCCOC12CCC3(CC1COCc1ccccc1)C1Cc4ccc(OC)c5c4C3(CCN1CC1CC1)C2(C)O5. The highest BCUT2D eigenvalue weighted by Gasteiger charge is 2.85. The maximum absolute atomic E-state index is 7.50. The molecule has 256 valence electrons. The Morgan fingerprint density at radius 3 is 2.55 bits per heavy atom. The van der Waals surface area contributed by atoms with E-state index in [-0.39, 0.29) is 16.7 Å². The Balaban J connectivity index is 1.13. The highest BCUT2D eigenvalue weighted by Crippen LogP contribution is 2.80. The molecule has 1 saturated heterocycles. The summed E-state index contributed by atoms with van der Waals surface area (Å²) < 4.78 is 38.9. The maximum atomic E-state index is 7.50. The average molecular weight is 646 g/mol. The van der Waals surface area contributed by atoms with E-state index < -0.39 is 11.2 Å². The Kier molecular flexibility index (Phi) is 8.61. The number of unbranched alkanes of at least 4 members (excludes halogenated alkanes) is 2. The fourth-order valence-corrected chi connectivity index (χ4v) is 11.4. The lowest BCUT2D eigenvalue weighted by Gasteiger charge is -2.77. The maximum Gasteiger partial charge on any atom is 0.166 e. The number of hydrogen-bond acceptors (Lipinski definition) is 7. The van der Waals surface area contributed by atoms with E-state index >= 15 is 0 Å². The summed E-state index contributed by atoms with van der Waals surface area (Å²) >= 11 is 0. The Labute approximate surface area is 281 Å². The predicted molar refractivity (Wildman–Crippen MR) is 181 cm³/mol. The highest BCUT2D eigenvalue weighted by atomic mass is 16.6. The molecule has 6 atom stereocenters. The highest BCUT2D eigenvalue weighted by molar-refractivity contribution is 5.65. The third kappa shape index (κ3) is 4.85. The lowest BCUT2D eigenvalue weighted by Crippen LogP contribution is -2.86. The van der Waals surface area contributed by atoms with Gasteiger partial charge < -0.3 is 28.4 Å². The van der Waals surface area contributed by atoms with E-state index in [1.54, 1.807) is 14.2 Å². The van der Waals surface area contributed by atoms with Crippen molar-refractivity contribution in [3.63, 3.8) is 0 Å². The van der Waals surface area contributed by atoms with Crippen molar-refractivity contribution in [2.24, 2.45) is 17.3 Å². The molecular formula is C40H55NO6. The standard InChI is InChI=1S/C40H55NO6/c1-37-39-18-19-41(26-29-12-13-29)34(24-31-14-15-33(43-3)36(47-37)35(31)39)38(39)16-17-40(37,46-23-22-44-21-9-5-8-20-42-2)32(25-38)28-45-27-30-10-6-4-7-11-30/h4,6-7,10-11,14-15,29,32,34H,5,8-9,12-13,16-28H2,1-3H3. The molecule has 2 aromatic carbocycles. The van der Waals surface area contributed by atoms with E-state index in [1.165, 1.54) is 42.5 Å². The van der Waals surface area contributed by atoms with Gasteiger partial charge in [-0.05, 0) is 101 Å². The third-order valence-corrected chi connectivity index (χ3v) is 13.5. The minimum Gasteiger partial charge on any atom is -0.493 e. The monoisotopic (exact) mass is 645 g/mol. The van der Waals surface area contributed by atoms with Gasteiger partial charge in [0.2, 0.25) is 0 Å². The van der Waals surface area contributed by atoms with Gasteiger partial charge in [0.1, 0.15) is 11.2 Å². The van der Waals surface area contributed by atoms with Crippen LogP contribution in [-0.4, -0.2) is 82.5 Å². The van der Waals surface area contributed by atoms with Gasteiger partial charge in [-0.3, -0.25) is 4.90 Å². The number of piperidine rings is 1. The van der Waals surface area contributed by atoms with Crippen LogP contribution in [-0.2, 0) is 37.4 Å². The number of nitrogens with zero attached hydrogens (tertiary/aromatic N) is 1. The van der Waals surface area contributed by atoms with Crippen LogP contribution in [0.1, 0.15) is 81.4 Å². The van der Waals surface area contributed by atoms with Crippen LogP contribution >= 0.6 is 0 Å². The van der Waals surface area contributed by atoms with Crippen LogP contribution in [0.2, 0.25) is 0 Å². The second-order valence-corrected chi connectivity index (χ2v) is 15.5. The van der Waals surface area contributed by atoms with Gasteiger partial charge in [-0.15, -0.1) is 0 Å². The van der Waals surface area contributed by atoms with Crippen molar-refractivity contribution < 1.29 is 28.4 Å². The van der Waals surface area contributed by atoms with Gasteiger partial charge in [0.05, 0.1) is 39.0 Å². The Morgan fingerprint density at radius 2 is 1.74 bits per heavy atom. The molecule has 2 aromatic rings. The van der Waals surface area contributed by atoms with E-state index in [9.17, 15) is 0 Å². The summed E-state index contributed by atoms with van der Waals surface area (Å²) in [5.41, 5.74) is 3.11. The Bertz CT molecular complexity index is 1410.